The van der Waals surface area contributed by atoms with Crippen molar-refractivity contribution < 1.29 is 13.3 Å². The number of para-hydroxylation sites is 3. The van der Waals surface area contributed by atoms with E-state index in [-0.39, 0.29) is 0 Å². The fraction of sp³-hybridized carbons (Fsp3) is 0. The monoisotopic (exact) mass is 743 g/mol. The van der Waals surface area contributed by atoms with E-state index in [1.54, 1.807) is 0 Å². The highest BCUT2D eigenvalue weighted by molar-refractivity contribution is 6.12. The van der Waals surface area contributed by atoms with Crippen LogP contribution in [0.3, 0.4) is 0 Å². The van der Waals surface area contributed by atoms with Gasteiger partial charge in [-0.3, -0.25) is 0 Å². The maximum atomic E-state index is 6.74. The number of benzene rings is 9. The molecule has 0 saturated carbocycles. The minimum atomic E-state index is 0.836. The second-order valence-electron chi connectivity index (χ2n) is 14.9. The summed E-state index contributed by atoms with van der Waals surface area (Å²) in [5.74, 6) is 0. The molecule has 0 aliphatic rings. The summed E-state index contributed by atoms with van der Waals surface area (Å²) >= 11 is 0. The predicted molar refractivity (Wildman–Crippen MR) is 239 cm³/mol. The Kier molecular flexibility index (Phi) is 7.20. The van der Waals surface area contributed by atoms with Crippen LogP contribution in [-0.2, 0) is 0 Å². The molecule has 4 nitrogen and oxygen atoms in total. The highest BCUT2D eigenvalue weighted by atomic mass is 16.3. The molecule has 0 amide bonds. The molecule has 272 valence electrons. The van der Waals surface area contributed by atoms with Crippen LogP contribution < -0.4 is 4.90 Å². The molecule has 3 heterocycles. The second kappa shape index (κ2) is 12.9. The average molecular weight is 744 g/mol. The van der Waals surface area contributed by atoms with Gasteiger partial charge in [0.05, 0.1) is 0 Å². The SMILES string of the molecule is c1ccc(-c2cccc3c2oc2cc(N(c4ccc(-c5ccc6oc7c(-c8ccccc8)cccc7c6c5)cc4)c4ccc5oc6ccccc6c5c4)ccc23)cc1. The minimum absolute atomic E-state index is 0.836. The molecule has 58 heavy (non-hydrogen) atoms. The number of hydrogen-bond acceptors (Lipinski definition) is 4. The van der Waals surface area contributed by atoms with Gasteiger partial charge in [0.2, 0.25) is 0 Å². The third-order valence-corrected chi connectivity index (χ3v) is 11.5. The van der Waals surface area contributed by atoms with Crippen LogP contribution in [0, 0.1) is 0 Å². The van der Waals surface area contributed by atoms with E-state index in [2.05, 4.69) is 181 Å². The minimum Gasteiger partial charge on any atom is -0.456 e. The Morgan fingerprint density at radius 2 is 0.759 bits per heavy atom. The standard InChI is InChI=1S/C54H33NO3/c1-3-11-35(12-4-1)41-16-9-18-45-44-28-26-40(33-52(44)58-53(41)45)55(39-27-30-50-48(32-39)43-15-7-8-20-49(43)56-50)38-24-21-34(22-25-38)37-23-29-51-47(31-37)46-19-10-17-42(54(46)57-51)36-13-5-2-6-14-36/h1-33H. The van der Waals surface area contributed by atoms with Crippen molar-refractivity contribution in [1.29, 1.82) is 0 Å². The zero-order valence-electron chi connectivity index (χ0n) is 31.2. The molecule has 0 spiro atoms. The molecule has 0 unspecified atom stereocenters. The van der Waals surface area contributed by atoms with E-state index in [1.165, 1.54) is 0 Å². The van der Waals surface area contributed by atoms with E-state index in [1.807, 2.05) is 24.3 Å². The summed E-state index contributed by atoms with van der Waals surface area (Å²) in [5.41, 5.74) is 15.0. The van der Waals surface area contributed by atoms with E-state index in [0.717, 1.165) is 116 Å². The van der Waals surface area contributed by atoms with Crippen LogP contribution in [0.25, 0.3) is 99.2 Å². The number of furan rings is 3. The van der Waals surface area contributed by atoms with Crippen molar-refractivity contribution in [2.75, 3.05) is 4.90 Å². The number of hydrogen-bond donors (Lipinski definition) is 0. The number of anilines is 3. The molecule has 0 fully saturated rings. The fourth-order valence-electron chi connectivity index (χ4n) is 8.70. The van der Waals surface area contributed by atoms with Crippen LogP contribution in [-0.4, -0.2) is 0 Å². The first-order chi connectivity index (χ1) is 28.7. The summed E-state index contributed by atoms with van der Waals surface area (Å²) < 4.78 is 19.5. The quantitative estimate of drug-likeness (QED) is 0.170. The summed E-state index contributed by atoms with van der Waals surface area (Å²) in [5, 5.41) is 6.56. The zero-order valence-corrected chi connectivity index (χ0v) is 31.2. The van der Waals surface area contributed by atoms with Crippen LogP contribution in [0.5, 0.6) is 0 Å². The Morgan fingerprint density at radius 3 is 1.50 bits per heavy atom. The van der Waals surface area contributed by atoms with Gasteiger partial charge in [-0.2, -0.15) is 0 Å². The highest BCUT2D eigenvalue weighted by Gasteiger charge is 2.19. The van der Waals surface area contributed by atoms with Crippen LogP contribution in [0.1, 0.15) is 0 Å². The molecule has 0 saturated heterocycles. The van der Waals surface area contributed by atoms with Gasteiger partial charge in [-0.05, 0) is 82.9 Å². The predicted octanol–water partition coefficient (Wildman–Crippen LogP) is 15.9. The van der Waals surface area contributed by atoms with Gasteiger partial charge < -0.3 is 18.2 Å². The van der Waals surface area contributed by atoms with E-state index in [9.17, 15) is 0 Å². The smallest absolute Gasteiger partial charge is 0.143 e. The molecule has 0 aliphatic carbocycles. The average Bonchev–Trinajstić information content (AvgIpc) is 3.98. The lowest BCUT2D eigenvalue weighted by Gasteiger charge is -2.25. The molecule has 0 atom stereocenters. The zero-order chi connectivity index (χ0) is 38.2. The topological polar surface area (TPSA) is 42.7 Å². The van der Waals surface area contributed by atoms with Gasteiger partial charge in [-0.15, -0.1) is 0 Å². The molecular formula is C54H33NO3. The summed E-state index contributed by atoms with van der Waals surface area (Å²) in [6.45, 7) is 0. The molecule has 0 N–H and O–H groups in total. The first kappa shape index (κ1) is 32.4. The molecule has 0 aliphatic heterocycles. The summed E-state index contributed by atoms with van der Waals surface area (Å²) in [6, 6.07) is 70.2. The maximum Gasteiger partial charge on any atom is 0.143 e. The maximum absolute atomic E-state index is 6.74. The lowest BCUT2D eigenvalue weighted by atomic mass is 10.00. The summed E-state index contributed by atoms with van der Waals surface area (Å²) in [6.07, 6.45) is 0. The molecule has 0 radical (unpaired) electrons. The second-order valence-corrected chi connectivity index (χ2v) is 14.9. The van der Waals surface area contributed by atoms with Gasteiger partial charge in [0.1, 0.15) is 33.5 Å². The van der Waals surface area contributed by atoms with E-state index >= 15 is 0 Å². The van der Waals surface area contributed by atoms with Crippen molar-refractivity contribution in [1.82, 2.24) is 0 Å². The van der Waals surface area contributed by atoms with Gasteiger partial charge in [-0.25, -0.2) is 0 Å². The van der Waals surface area contributed by atoms with Gasteiger partial charge >= 0.3 is 0 Å². The molecule has 12 aromatic rings. The molecule has 4 heteroatoms. The molecule has 9 aromatic carbocycles. The van der Waals surface area contributed by atoms with Crippen molar-refractivity contribution in [3.63, 3.8) is 0 Å². The van der Waals surface area contributed by atoms with Crippen LogP contribution in [0.4, 0.5) is 17.1 Å². The molecule has 3 aromatic heterocycles. The lowest BCUT2D eigenvalue weighted by Crippen LogP contribution is -2.09. The highest BCUT2D eigenvalue weighted by Crippen LogP contribution is 2.43. The van der Waals surface area contributed by atoms with Crippen LogP contribution in [0.15, 0.2) is 213 Å². The third-order valence-electron chi connectivity index (χ3n) is 11.5. The Hall–Kier alpha value is -7.82. The van der Waals surface area contributed by atoms with Crippen LogP contribution in [0.2, 0.25) is 0 Å². The first-order valence-corrected chi connectivity index (χ1v) is 19.6. The molecule has 12 rings (SSSR count). The van der Waals surface area contributed by atoms with E-state index in [0.29, 0.717) is 0 Å². The normalized spacial score (nSPS) is 11.8. The molecular weight excluding hydrogens is 711 g/mol. The summed E-state index contributed by atoms with van der Waals surface area (Å²) in [7, 11) is 0. The Balaban J connectivity index is 0.983. The lowest BCUT2D eigenvalue weighted by molar-refractivity contribution is 0.668. The van der Waals surface area contributed by atoms with Gasteiger partial charge in [0.15, 0.2) is 0 Å². The number of fused-ring (bicyclic) bond motifs is 9. The Morgan fingerprint density at radius 1 is 0.259 bits per heavy atom. The molecule has 0 bridgehead atoms. The van der Waals surface area contributed by atoms with Crippen molar-refractivity contribution in [2.45, 2.75) is 0 Å². The van der Waals surface area contributed by atoms with E-state index < -0.39 is 0 Å². The van der Waals surface area contributed by atoms with Crippen molar-refractivity contribution in [3.8, 4) is 33.4 Å². The summed E-state index contributed by atoms with van der Waals surface area (Å²) in [4.78, 5) is 2.30. The first-order valence-electron chi connectivity index (χ1n) is 19.6. The van der Waals surface area contributed by atoms with Crippen molar-refractivity contribution in [2.24, 2.45) is 0 Å². The van der Waals surface area contributed by atoms with Crippen molar-refractivity contribution in [3.05, 3.63) is 200 Å². The fourth-order valence-corrected chi connectivity index (χ4v) is 8.70. The van der Waals surface area contributed by atoms with Gasteiger partial charge in [-0.1, -0.05) is 133 Å². The third kappa shape index (κ3) is 5.16. The number of rotatable bonds is 6. The van der Waals surface area contributed by atoms with Gasteiger partial charge in [0, 0.05) is 66.6 Å². The van der Waals surface area contributed by atoms with Crippen LogP contribution >= 0.6 is 0 Å². The van der Waals surface area contributed by atoms with Gasteiger partial charge in [0.25, 0.3) is 0 Å². The van der Waals surface area contributed by atoms with Crippen molar-refractivity contribution >= 4 is 82.9 Å². The Labute approximate surface area is 333 Å². The Bertz CT molecular complexity index is 3500. The number of nitrogens with zero attached hydrogens (tertiary/aromatic N) is 1. The largest absolute Gasteiger partial charge is 0.456 e. The van der Waals surface area contributed by atoms with E-state index in [4.69, 9.17) is 13.3 Å².